The number of allylic oxidation sites excluding steroid dienone is 2. The van der Waals surface area contributed by atoms with Crippen LogP contribution in [-0.2, 0) is 32.7 Å². The van der Waals surface area contributed by atoms with Gasteiger partial charge in [-0.25, -0.2) is 9.36 Å². The molecule has 4 N–H and O–H groups in total. The Bertz CT molecular complexity index is 700. The summed E-state index contributed by atoms with van der Waals surface area (Å²) in [4.78, 5) is 43.3. The third kappa shape index (κ3) is 21.5. The molecule has 210 valence electrons. The number of amides is 1. The molecule has 12 heteroatoms. The van der Waals surface area contributed by atoms with Gasteiger partial charge in [-0.3, -0.25) is 18.6 Å². The normalized spacial score (nSPS) is 14.8. The molecule has 36 heavy (non-hydrogen) atoms. The van der Waals surface area contributed by atoms with Crippen LogP contribution in [0.3, 0.4) is 0 Å². The van der Waals surface area contributed by atoms with Gasteiger partial charge in [0.1, 0.15) is 12.7 Å². The second-order valence-corrected chi connectivity index (χ2v) is 10.1. The Morgan fingerprint density at radius 1 is 0.889 bits per heavy atom. The Morgan fingerprint density at radius 2 is 1.44 bits per heavy atom. The van der Waals surface area contributed by atoms with Gasteiger partial charge in [-0.05, 0) is 32.1 Å². The average Bonchev–Trinajstić information content (AvgIpc) is 2.81. The van der Waals surface area contributed by atoms with E-state index in [0.717, 1.165) is 45.4 Å². The van der Waals surface area contributed by atoms with Gasteiger partial charge in [0, 0.05) is 13.3 Å². The lowest BCUT2D eigenvalue weighted by Crippen LogP contribution is -2.42. The summed E-state index contributed by atoms with van der Waals surface area (Å²) in [5, 5.41) is 20.8. The lowest BCUT2D eigenvalue weighted by Gasteiger charge is -2.18. The number of aliphatic hydroxyl groups excluding tert-OH is 1. The molecule has 0 spiro atoms. The smallest absolute Gasteiger partial charge is 0.472 e. The van der Waals surface area contributed by atoms with Crippen LogP contribution < -0.4 is 5.32 Å². The van der Waals surface area contributed by atoms with E-state index in [1.807, 2.05) is 5.32 Å². The minimum absolute atomic E-state index is 0.215. The monoisotopic (exact) mass is 537 g/mol. The van der Waals surface area contributed by atoms with Gasteiger partial charge in [-0.15, -0.1) is 0 Å². The lowest BCUT2D eigenvalue weighted by molar-refractivity contribution is -0.147. The fourth-order valence-electron chi connectivity index (χ4n) is 3.10. The predicted octanol–water partition coefficient (Wildman–Crippen LogP) is 3.87. The first-order valence-corrected chi connectivity index (χ1v) is 14.2. The van der Waals surface area contributed by atoms with Crippen LogP contribution in [0.15, 0.2) is 12.2 Å². The van der Waals surface area contributed by atoms with Gasteiger partial charge in [0.15, 0.2) is 6.04 Å². The molecule has 0 radical (unpaired) electrons. The van der Waals surface area contributed by atoms with Crippen LogP contribution in [0.2, 0.25) is 0 Å². The van der Waals surface area contributed by atoms with E-state index < -0.39 is 57.6 Å². The first kappa shape index (κ1) is 34.2. The quantitative estimate of drug-likeness (QED) is 0.0649. The highest BCUT2D eigenvalue weighted by Gasteiger charge is 2.28. The zero-order valence-corrected chi connectivity index (χ0v) is 22.5. The molecule has 3 unspecified atom stereocenters. The number of carbonyl (C=O) groups is 3. The SMILES string of the molecule is CCCCCC/C=C\CCCCCCCC(=O)OCC(O)COP(=O)(O)OCC(NC(C)=O)C(=O)O. The largest absolute Gasteiger partial charge is 0.480 e. The van der Waals surface area contributed by atoms with E-state index in [0.29, 0.717) is 6.42 Å². The van der Waals surface area contributed by atoms with Crippen LogP contribution in [0.25, 0.3) is 0 Å². The molecular weight excluding hydrogens is 493 g/mol. The molecule has 0 fully saturated rings. The molecule has 11 nitrogen and oxygen atoms in total. The summed E-state index contributed by atoms with van der Waals surface area (Å²) in [6.07, 6.45) is 15.6. The van der Waals surface area contributed by atoms with Crippen molar-refractivity contribution in [2.75, 3.05) is 19.8 Å². The van der Waals surface area contributed by atoms with Gasteiger partial charge in [0.05, 0.1) is 13.2 Å². The van der Waals surface area contributed by atoms with Gasteiger partial charge in [-0.1, -0.05) is 57.6 Å². The van der Waals surface area contributed by atoms with Gasteiger partial charge in [-0.2, -0.15) is 0 Å². The summed E-state index contributed by atoms with van der Waals surface area (Å²) in [6, 6.07) is -1.54. The molecule has 0 aromatic heterocycles. The molecule has 0 saturated heterocycles. The van der Waals surface area contributed by atoms with Crippen molar-refractivity contribution < 1.29 is 47.8 Å². The summed E-state index contributed by atoms with van der Waals surface area (Å²) < 4.78 is 25.8. The maximum absolute atomic E-state index is 11.8. The van der Waals surface area contributed by atoms with Crippen LogP contribution in [-0.4, -0.2) is 64.9 Å². The number of phosphoric ester groups is 1. The number of hydrogen-bond acceptors (Lipinski definition) is 8. The predicted molar refractivity (Wildman–Crippen MR) is 134 cm³/mol. The Kier molecular flexibility index (Phi) is 20.3. The first-order chi connectivity index (χ1) is 17.1. The maximum atomic E-state index is 11.8. The molecule has 3 atom stereocenters. The number of nitrogens with one attached hydrogen (secondary N) is 1. The number of unbranched alkanes of at least 4 members (excludes halogenated alkanes) is 9. The second-order valence-electron chi connectivity index (χ2n) is 8.62. The molecule has 0 saturated carbocycles. The number of phosphoric acid groups is 1. The maximum Gasteiger partial charge on any atom is 0.472 e. The third-order valence-corrected chi connectivity index (χ3v) is 6.04. The zero-order chi connectivity index (χ0) is 27.2. The van der Waals surface area contributed by atoms with Crippen LogP contribution >= 0.6 is 7.82 Å². The van der Waals surface area contributed by atoms with Crippen LogP contribution in [0.5, 0.6) is 0 Å². The summed E-state index contributed by atoms with van der Waals surface area (Å²) in [6.45, 7) is 1.38. The van der Waals surface area contributed by atoms with Crippen LogP contribution in [0, 0.1) is 0 Å². The molecule has 0 aromatic rings. The summed E-state index contributed by atoms with van der Waals surface area (Å²) >= 11 is 0. The zero-order valence-electron chi connectivity index (χ0n) is 21.6. The van der Waals surface area contributed by atoms with Gasteiger partial charge < -0.3 is 25.2 Å². The highest BCUT2D eigenvalue weighted by Crippen LogP contribution is 2.43. The number of ether oxygens (including phenoxy) is 1. The fraction of sp³-hybridized carbons (Fsp3) is 0.792. The van der Waals surface area contributed by atoms with E-state index in [1.165, 1.54) is 25.7 Å². The van der Waals surface area contributed by atoms with Crippen molar-refractivity contribution in [1.82, 2.24) is 5.32 Å². The lowest BCUT2D eigenvalue weighted by atomic mass is 10.1. The number of esters is 1. The topological polar surface area (TPSA) is 169 Å². The Hall–Kier alpha value is -1.78. The van der Waals surface area contributed by atoms with Crippen LogP contribution in [0.4, 0.5) is 0 Å². The number of carboxylic acid groups (broad SMARTS) is 1. The summed E-state index contributed by atoms with van der Waals surface area (Å²) in [5.74, 6) is -2.60. The van der Waals surface area contributed by atoms with E-state index in [4.69, 9.17) is 9.84 Å². The first-order valence-electron chi connectivity index (χ1n) is 12.7. The van der Waals surface area contributed by atoms with Crippen LogP contribution in [0.1, 0.15) is 90.9 Å². The highest BCUT2D eigenvalue weighted by atomic mass is 31.2. The average molecular weight is 538 g/mol. The van der Waals surface area contributed by atoms with Gasteiger partial charge in [0.25, 0.3) is 0 Å². The molecule has 0 aromatic carbocycles. The van der Waals surface area contributed by atoms with Gasteiger partial charge in [0.2, 0.25) is 5.91 Å². The van der Waals surface area contributed by atoms with Crippen molar-refractivity contribution in [2.24, 2.45) is 0 Å². The van der Waals surface area contributed by atoms with E-state index in [-0.39, 0.29) is 6.42 Å². The minimum Gasteiger partial charge on any atom is -0.480 e. The number of hydrogen-bond donors (Lipinski definition) is 4. The molecular formula is C24H44NO10P. The standard InChI is InChI=1S/C24H44NO10P/c1-3-4-5-6-7-8-9-10-11-12-13-14-15-16-23(28)33-17-21(27)18-34-36(31,32)35-19-22(24(29)30)25-20(2)26/h8-9,21-22,27H,3-7,10-19H2,1-2H3,(H,25,26)(H,29,30)(H,31,32)/b9-8-. The van der Waals surface area contributed by atoms with E-state index in [9.17, 15) is 28.9 Å². The Balaban J connectivity index is 3.83. The Labute approximate surface area is 214 Å². The molecule has 0 aliphatic heterocycles. The third-order valence-electron chi connectivity index (χ3n) is 5.09. The van der Waals surface area contributed by atoms with Crippen molar-refractivity contribution in [2.45, 2.75) is 103 Å². The number of rotatable bonds is 23. The van der Waals surface area contributed by atoms with Crippen molar-refractivity contribution in [3.8, 4) is 0 Å². The van der Waals surface area contributed by atoms with E-state index >= 15 is 0 Å². The molecule has 0 rings (SSSR count). The van der Waals surface area contributed by atoms with E-state index in [1.54, 1.807) is 0 Å². The molecule has 0 aliphatic carbocycles. The van der Waals surface area contributed by atoms with Gasteiger partial charge >= 0.3 is 19.8 Å². The number of carbonyl (C=O) groups excluding carboxylic acids is 2. The summed E-state index contributed by atoms with van der Waals surface area (Å²) in [5.41, 5.74) is 0. The molecule has 1 amide bonds. The Morgan fingerprint density at radius 3 is 2.03 bits per heavy atom. The molecule has 0 bridgehead atoms. The number of aliphatic carboxylic acids is 1. The van der Waals surface area contributed by atoms with Crippen molar-refractivity contribution in [3.05, 3.63) is 12.2 Å². The van der Waals surface area contributed by atoms with Crippen molar-refractivity contribution >= 4 is 25.7 Å². The number of carboxylic acids is 1. The molecule has 0 aliphatic rings. The van der Waals surface area contributed by atoms with E-state index in [2.05, 4.69) is 28.1 Å². The summed E-state index contributed by atoms with van der Waals surface area (Å²) in [7, 11) is -4.69. The second kappa shape index (κ2) is 21.3. The minimum atomic E-state index is -4.69. The van der Waals surface area contributed by atoms with Crippen molar-refractivity contribution in [3.63, 3.8) is 0 Å². The molecule has 0 heterocycles. The van der Waals surface area contributed by atoms with Crippen molar-refractivity contribution in [1.29, 1.82) is 0 Å². The number of aliphatic hydroxyl groups is 1. The highest BCUT2D eigenvalue weighted by molar-refractivity contribution is 7.47. The fourth-order valence-corrected chi connectivity index (χ4v) is 3.87.